The molecular weight excluding hydrogens is 520 g/mol. The molecule has 218 valence electrons. The number of hydroxylamine groups is 2. The zero-order valence-electron chi connectivity index (χ0n) is 25.1. The summed E-state index contributed by atoms with van der Waals surface area (Å²) in [5.74, 6) is 2.08. The highest BCUT2D eigenvalue weighted by Gasteiger charge is 2.29. The van der Waals surface area contributed by atoms with Crippen LogP contribution in [0.2, 0.25) is 0 Å². The maximum atomic E-state index is 13.6. The zero-order valence-corrected chi connectivity index (χ0v) is 25.1. The average molecular weight is 561 g/mol. The number of hydrogen-bond donors (Lipinski definition) is 1. The summed E-state index contributed by atoms with van der Waals surface area (Å²) in [6, 6.07) is 14.8. The summed E-state index contributed by atoms with van der Waals surface area (Å²) in [5.41, 5.74) is 0.848. The van der Waals surface area contributed by atoms with E-state index in [4.69, 9.17) is 14.3 Å². The first-order chi connectivity index (χ1) is 19.4. The maximum absolute atomic E-state index is 13.6. The Kier molecular flexibility index (Phi) is 8.75. The highest BCUT2D eigenvalue weighted by molar-refractivity contribution is 6.09. The number of nitrogens with zero attached hydrogens (tertiary/aromatic N) is 3. The molecule has 1 N–H and O–H groups in total. The fraction of sp³-hybridized carbons (Fsp3) is 0.406. The highest BCUT2D eigenvalue weighted by Crippen LogP contribution is 2.30. The number of aromatic nitrogens is 2. The number of hydrogen-bond acceptors (Lipinski definition) is 7. The van der Waals surface area contributed by atoms with Gasteiger partial charge in [-0.15, -0.1) is 5.06 Å². The van der Waals surface area contributed by atoms with Crippen LogP contribution in [0.4, 0.5) is 10.6 Å². The SMILES string of the molecule is COc1ccc(CNc2nccc3c2c(=O)n(C)c2cc(ON(C(=O)OC(C)(C)C)[C@@H](C)CC(C)C)ccc32)cc1. The van der Waals surface area contributed by atoms with Crippen molar-refractivity contribution in [2.45, 2.75) is 66.2 Å². The van der Waals surface area contributed by atoms with Gasteiger partial charge in [0.1, 0.15) is 17.2 Å². The average Bonchev–Trinajstić information content (AvgIpc) is 2.92. The highest BCUT2D eigenvalue weighted by atomic mass is 16.7. The molecule has 0 saturated heterocycles. The van der Waals surface area contributed by atoms with Gasteiger partial charge in [-0.05, 0) is 75.9 Å². The van der Waals surface area contributed by atoms with Crippen molar-refractivity contribution in [3.63, 3.8) is 0 Å². The number of methoxy groups -OCH3 is 1. The molecule has 0 spiro atoms. The van der Waals surface area contributed by atoms with E-state index in [1.165, 1.54) is 5.06 Å². The number of anilines is 1. The lowest BCUT2D eigenvalue weighted by Crippen LogP contribution is -2.44. The molecule has 0 radical (unpaired) electrons. The molecule has 0 fully saturated rings. The number of ether oxygens (including phenoxy) is 2. The monoisotopic (exact) mass is 560 g/mol. The first-order valence-electron chi connectivity index (χ1n) is 13.9. The number of fused-ring (bicyclic) bond motifs is 3. The van der Waals surface area contributed by atoms with E-state index in [2.05, 4.69) is 24.1 Å². The Morgan fingerprint density at radius 2 is 1.71 bits per heavy atom. The minimum absolute atomic E-state index is 0.188. The molecule has 2 aromatic heterocycles. The molecule has 1 atom stereocenters. The van der Waals surface area contributed by atoms with E-state index in [-0.39, 0.29) is 11.6 Å². The lowest BCUT2D eigenvalue weighted by atomic mass is 10.1. The fourth-order valence-electron chi connectivity index (χ4n) is 4.82. The fourth-order valence-corrected chi connectivity index (χ4v) is 4.82. The van der Waals surface area contributed by atoms with Crippen LogP contribution in [0.1, 0.15) is 53.5 Å². The second-order valence-corrected chi connectivity index (χ2v) is 11.7. The molecule has 0 bridgehead atoms. The summed E-state index contributed by atoms with van der Waals surface area (Å²) >= 11 is 0. The van der Waals surface area contributed by atoms with Gasteiger partial charge in [0.25, 0.3) is 5.56 Å². The van der Waals surface area contributed by atoms with Crippen LogP contribution >= 0.6 is 0 Å². The van der Waals surface area contributed by atoms with Gasteiger partial charge >= 0.3 is 6.09 Å². The number of benzene rings is 2. The van der Waals surface area contributed by atoms with Crippen molar-refractivity contribution in [2.75, 3.05) is 12.4 Å². The van der Waals surface area contributed by atoms with Gasteiger partial charge in [0, 0.05) is 36.6 Å². The third-order valence-electron chi connectivity index (χ3n) is 6.70. The molecule has 0 aliphatic rings. The third-order valence-corrected chi connectivity index (χ3v) is 6.70. The second-order valence-electron chi connectivity index (χ2n) is 11.7. The molecule has 41 heavy (non-hydrogen) atoms. The van der Waals surface area contributed by atoms with Crippen molar-refractivity contribution >= 4 is 33.6 Å². The molecule has 0 aliphatic heterocycles. The number of aryl methyl sites for hydroxylation is 1. The van der Waals surface area contributed by atoms with Crippen molar-refractivity contribution in [3.05, 3.63) is 70.6 Å². The van der Waals surface area contributed by atoms with E-state index in [1.807, 2.05) is 64.1 Å². The molecular formula is C32H40N4O5. The number of carbonyl (C=O) groups excluding carboxylic acids is 1. The first-order valence-corrected chi connectivity index (χ1v) is 13.9. The first kappa shape index (κ1) is 29.7. The van der Waals surface area contributed by atoms with Gasteiger partial charge in [0.15, 0.2) is 5.75 Å². The number of carbonyl (C=O) groups is 1. The number of rotatable bonds is 9. The largest absolute Gasteiger partial charge is 0.497 e. The normalized spacial score (nSPS) is 12.4. The van der Waals surface area contributed by atoms with Gasteiger partial charge in [-0.2, -0.15) is 0 Å². The van der Waals surface area contributed by atoms with Gasteiger partial charge in [-0.1, -0.05) is 26.0 Å². The van der Waals surface area contributed by atoms with Crippen LogP contribution in [0.5, 0.6) is 11.5 Å². The second kappa shape index (κ2) is 12.1. The van der Waals surface area contributed by atoms with Crippen LogP contribution in [0.3, 0.4) is 0 Å². The predicted molar refractivity (Wildman–Crippen MR) is 162 cm³/mol. The maximum Gasteiger partial charge on any atom is 0.443 e. The molecule has 4 aromatic rings. The smallest absolute Gasteiger partial charge is 0.443 e. The summed E-state index contributed by atoms with van der Waals surface area (Å²) in [6.45, 7) is 12.1. The molecule has 0 unspecified atom stereocenters. The van der Waals surface area contributed by atoms with E-state index in [9.17, 15) is 9.59 Å². The Morgan fingerprint density at radius 3 is 2.34 bits per heavy atom. The van der Waals surface area contributed by atoms with E-state index < -0.39 is 11.7 Å². The number of amides is 1. The molecule has 0 aliphatic carbocycles. The summed E-state index contributed by atoms with van der Waals surface area (Å²) in [5, 5.41) is 6.76. The van der Waals surface area contributed by atoms with Crippen LogP contribution < -0.4 is 20.5 Å². The minimum atomic E-state index is -0.671. The Hall–Kier alpha value is -4.27. The van der Waals surface area contributed by atoms with Crippen molar-refractivity contribution in [1.82, 2.24) is 14.6 Å². The Labute approximate surface area is 241 Å². The van der Waals surface area contributed by atoms with Gasteiger partial charge in [-0.25, -0.2) is 9.78 Å². The summed E-state index contributed by atoms with van der Waals surface area (Å²) < 4.78 is 12.4. The van der Waals surface area contributed by atoms with Gasteiger partial charge in [-0.3, -0.25) is 4.79 Å². The van der Waals surface area contributed by atoms with Crippen molar-refractivity contribution in [3.8, 4) is 11.5 Å². The lowest BCUT2D eigenvalue weighted by molar-refractivity contribution is -0.0966. The standard InChI is InChI=1S/C32H40N4O5/c1-20(2)17-21(3)36(31(38)40-32(4,5)6)41-24-13-14-25-26-15-16-33-29(28(26)30(37)35(7)27(25)18-24)34-19-22-9-11-23(39-8)12-10-22/h9-16,18,20-21H,17,19H2,1-8H3,(H,33,34)/t21-/m0/s1. The van der Waals surface area contributed by atoms with Crippen LogP contribution in [-0.2, 0) is 18.3 Å². The van der Waals surface area contributed by atoms with Crippen LogP contribution in [0.25, 0.3) is 21.7 Å². The zero-order chi connectivity index (χ0) is 29.9. The third kappa shape index (κ3) is 6.90. The molecule has 1 amide bonds. The predicted octanol–water partition coefficient (Wildman–Crippen LogP) is 6.67. The molecule has 2 aromatic carbocycles. The molecule has 9 heteroatoms. The van der Waals surface area contributed by atoms with Crippen molar-refractivity contribution in [2.24, 2.45) is 13.0 Å². The van der Waals surface area contributed by atoms with Crippen LogP contribution in [0, 0.1) is 5.92 Å². The number of pyridine rings is 2. The Balaban J connectivity index is 1.69. The quantitative estimate of drug-likeness (QED) is 0.180. The van der Waals surface area contributed by atoms with Crippen molar-refractivity contribution < 1.29 is 19.1 Å². The van der Waals surface area contributed by atoms with Crippen molar-refractivity contribution in [1.29, 1.82) is 0 Å². The van der Waals surface area contributed by atoms with E-state index in [0.717, 1.165) is 28.5 Å². The van der Waals surface area contributed by atoms with Crippen LogP contribution in [0.15, 0.2) is 59.5 Å². The van der Waals surface area contributed by atoms with Gasteiger partial charge in [0.2, 0.25) is 0 Å². The lowest BCUT2D eigenvalue weighted by Gasteiger charge is -2.31. The summed E-state index contributed by atoms with van der Waals surface area (Å²) in [6.07, 6.45) is 1.87. The summed E-state index contributed by atoms with van der Waals surface area (Å²) in [4.78, 5) is 37.3. The molecule has 2 heterocycles. The Morgan fingerprint density at radius 1 is 1.02 bits per heavy atom. The van der Waals surface area contributed by atoms with E-state index in [0.29, 0.717) is 34.9 Å². The Bertz CT molecular complexity index is 1590. The van der Waals surface area contributed by atoms with Gasteiger partial charge in [0.05, 0.1) is 24.1 Å². The molecule has 9 nitrogen and oxygen atoms in total. The van der Waals surface area contributed by atoms with E-state index in [1.54, 1.807) is 37.1 Å². The van der Waals surface area contributed by atoms with Crippen LogP contribution in [-0.4, -0.2) is 39.5 Å². The van der Waals surface area contributed by atoms with E-state index >= 15 is 0 Å². The number of nitrogens with one attached hydrogen (secondary N) is 1. The molecule has 4 rings (SSSR count). The van der Waals surface area contributed by atoms with Gasteiger partial charge < -0.3 is 24.2 Å². The summed E-state index contributed by atoms with van der Waals surface area (Å²) in [7, 11) is 3.36. The minimum Gasteiger partial charge on any atom is -0.497 e. The molecule has 0 saturated carbocycles. The topological polar surface area (TPSA) is 94.9 Å².